The van der Waals surface area contributed by atoms with Gasteiger partial charge in [-0.2, -0.15) is 0 Å². The van der Waals surface area contributed by atoms with Crippen molar-refractivity contribution in [1.82, 2.24) is 4.90 Å². The molecular formula is C12H19N. The Morgan fingerprint density at radius 2 is 2.38 bits per heavy atom. The van der Waals surface area contributed by atoms with Crippen LogP contribution in [0.25, 0.3) is 0 Å². The molecule has 1 aliphatic rings. The van der Waals surface area contributed by atoms with Crippen LogP contribution in [-0.4, -0.2) is 17.5 Å². The van der Waals surface area contributed by atoms with Gasteiger partial charge < -0.3 is 4.90 Å². The molecule has 0 aliphatic carbocycles. The Hall–Kier alpha value is -0.980. The van der Waals surface area contributed by atoms with Crippen LogP contribution >= 0.6 is 0 Å². The fourth-order valence-electron chi connectivity index (χ4n) is 1.44. The molecule has 1 nitrogen and oxygen atoms in total. The zero-order chi connectivity index (χ0) is 9.68. The Labute approximate surface area is 81.4 Å². The third-order valence-corrected chi connectivity index (χ3v) is 2.41. The van der Waals surface area contributed by atoms with Crippen molar-refractivity contribution in [3.8, 4) is 0 Å². The van der Waals surface area contributed by atoms with Gasteiger partial charge in [-0.1, -0.05) is 38.2 Å². The summed E-state index contributed by atoms with van der Waals surface area (Å²) in [5, 5.41) is 0. The van der Waals surface area contributed by atoms with Gasteiger partial charge in [0.05, 0.1) is 0 Å². The molecular weight excluding hydrogens is 158 g/mol. The summed E-state index contributed by atoms with van der Waals surface area (Å²) in [4.78, 5) is 2.38. The second-order valence-corrected chi connectivity index (χ2v) is 3.52. The molecule has 0 aromatic rings. The monoisotopic (exact) mass is 177 g/mol. The predicted octanol–water partition coefficient (Wildman–Crippen LogP) is 3.12. The average molecular weight is 177 g/mol. The largest absolute Gasteiger partial charge is 0.371 e. The molecule has 1 rings (SSSR count). The quantitative estimate of drug-likeness (QED) is 0.637. The van der Waals surface area contributed by atoms with Crippen molar-refractivity contribution in [2.75, 3.05) is 6.54 Å². The molecule has 1 heterocycles. The fourth-order valence-corrected chi connectivity index (χ4v) is 1.44. The highest BCUT2D eigenvalue weighted by molar-refractivity contribution is 5.32. The zero-order valence-electron chi connectivity index (χ0n) is 8.66. The molecule has 0 aromatic carbocycles. The third-order valence-electron chi connectivity index (χ3n) is 2.41. The highest BCUT2D eigenvalue weighted by atomic mass is 15.1. The molecule has 0 aromatic heterocycles. The lowest BCUT2D eigenvalue weighted by Gasteiger charge is -2.28. The summed E-state index contributed by atoms with van der Waals surface area (Å²) < 4.78 is 0. The molecule has 72 valence electrons. The molecule has 0 saturated carbocycles. The first-order chi connectivity index (χ1) is 6.27. The first kappa shape index (κ1) is 10.1. The van der Waals surface area contributed by atoms with Gasteiger partial charge in [0.2, 0.25) is 0 Å². The van der Waals surface area contributed by atoms with Crippen LogP contribution in [0, 0.1) is 0 Å². The molecule has 0 radical (unpaired) electrons. The van der Waals surface area contributed by atoms with E-state index in [9.17, 15) is 0 Å². The van der Waals surface area contributed by atoms with Gasteiger partial charge in [0.25, 0.3) is 0 Å². The maximum atomic E-state index is 3.78. The number of nitrogens with zero attached hydrogens (tertiary/aromatic N) is 1. The van der Waals surface area contributed by atoms with E-state index < -0.39 is 0 Å². The van der Waals surface area contributed by atoms with E-state index in [2.05, 4.69) is 43.7 Å². The van der Waals surface area contributed by atoms with Crippen LogP contribution < -0.4 is 0 Å². The summed E-state index contributed by atoms with van der Waals surface area (Å²) in [5.41, 5.74) is 1.22. The Bertz CT molecular complexity index is 225. The van der Waals surface area contributed by atoms with E-state index in [1.54, 1.807) is 0 Å². The van der Waals surface area contributed by atoms with Gasteiger partial charge in [0.15, 0.2) is 0 Å². The SMILES string of the molecule is C=CC1=CN(CCCC)C(C)C=C1. The lowest BCUT2D eigenvalue weighted by molar-refractivity contribution is 0.325. The van der Waals surface area contributed by atoms with Crippen LogP contribution in [0.1, 0.15) is 26.7 Å². The number of unbranched alkanes of at least 4 members (excludes halogenated alkanes) is 1. The topological polar surface area (TPSA) is 3.24 Å². The Morgan fingerprint density at radius 1 is 1.62 bits per heavy atom. The molecule has 0 spiro atoms. The van der Waals surface area contributed by atoms with Crippen LogP contribution in [-0.2, 0) is 0 Å². The van der Waals surface area contributed by atoms with Gasteiger partial charge in [-0.05, 0) is 18.9 Å². The molecule has 1 heteroatoms. The zero-order valence-corrected chi connectivity index (χ0v) is 8.66. The van der Waals surface area contributed by atoms with E-state index in [1.165, 1.54) is 18.4 Å². The highest BCUT2D eigenvalue weighted by Crippen LogP contribution is 2.14. The van der Waals surface area contributed by atoms with Gasteiger partial charge in [0.1, 0.15) is 0 Å². The van der Waals surface area contributed by atoms with Crippen LogP contribution in [0.5, 0.6) is 0 Å². The first-order valence-corrected chi connectivity index (χ1v) is 5.06. The average Bonchev–Trinajstić information content (AvgIpc) is 2.17. The van der Waals surface area contributed by atoms with E-state index in [0.29, 0.717) is 6.04 Å². The summed E-state index contributed by atoms with van der Waals surface area (Å²) in [6.45, 7) is 9.38. The molecule has 1 atom stereocenters. The molecule has 1 aliphatic heterocycles. The third kappa shape index (κ3) is 2.76. The lowest BCUT2D eigenvalue weighted by atomic mass is 10.1. The van der Waals surface area contributed by atoms with Crippen LogP contribution in [0.2, 0.25) is 0 Å². The van der Waals surface area contributed by atoms with Crippen molar-refractivity contribution in [1.29, 1.82) is 0 Å². The van der Waals surface area contributed by atoms with Crippen molar-refractivity contribution >= 4 is 0 Å². The van der Waals surface area contributed by atoms with E-state index in [1.807, 2.05) is 6.08 Å². The number of allylic oxidation sites excluding steroid dienone is 3. The molecule has 13 heavy (non-hydrogen) atoms. The van der Waals surface area contributed by atoms with Gasteiger partial charge in [-0.15, -0.1) is 0 Å². The highest BCUT2D eigenvalue weighted by Gasteiger charge is 2.10. The molecule has 1 unspecified atom stereocenters. The van der Waals surface area contributed by atoms with Crippen LogP contribution in [0.3, 0.4) is 0 Å². The molecule has 0 saturated heterocycles. The van der Waals surface area contributed by atoms with Gasteiger partial charge in [-0.25, -0.2) is 0 Å². The van der Waals surface area contributed by atoms with Crippen LogP contribution in [0.4, 0.5) is 0 Å². The smallest absolute Gasteiger partial charge is 0.0442 e. The predicted molar refractivity (Wildman–Crippen MR) is 58.5 cm³/mol. The normalized spacial score (nSPS) is 21.5. The standard InChI is InChI=1S/C12H19N/c1-4-6-9-13-10-12(5-2)8-7-11(13)3/h5,7-8,10-11H,2,4,6,9H2,1,3H3. The minimum Gasteiger partial charge on any atom is -0.371 e. The van der Waals surface area contributed by atoms with Gasteiger partial charge in [0, 0.05) is 18.8 Å². The molecule has 0 N–H and O–H groups in total. The Morgan fingerprint density at radius 3 is 3.00 bits per heavy atom. The molecule has 0 fully saturated rings. The second kappa shape index (κ2) is 4.90. The van der Waals surface area contributed by atoms with E-state index >= 15 is 0 Å². The van der Waals surface area contributed by atoms with Gasteiger partial charge >= 0.3 is 0 Å². The summed E-state index contributed by atoms with van der Waals surface area (Å²) >= 11 is 0. The maximum absolute atomic E-state index is 3.78. The van der Waals surface area contributed by atoms with Crippen molar-refractivity contribution in [2.24, 2.45) is 0 Å². The van der Waals surface area contributed by atoms with Crippen molar-refractivity contribution in [3.63, 3.8) is 0 Å². The number of hydrogen-bond acceptors (Lipinski definition) is 1. The van der Waals surface area contributed by atoms with E-state index in [4.69, 9.17) is 0 Å². The van der Waals surface area contributed by atoms with Crippen molar-refractivity contribution < 1.29 is 0 Å². The molecule has 0 amide bonds. The molecule has 0 bridgehead atoms. The summed E-state index contributed by atoms with van der Waals surface area (Å²) in [6.07, 6.45) is 11.0. The number of rotatable bonds is 4. The Kier molecular flexibility index (Phi) is 3.81. The first-order valence-electron chi connectivity index (χ1n) is 5.06. The summed E-state index contributed by atoms with van der Waals surface area (Å²) in [5.74, 6) is 0. The minimum absolute atomic E-state index is 0.537. The van der Waals surface area contributed by atoms with Gasteiger partial charge in [-0.3, -0.25) is 0 Å². The fraction of sp³-hybridized carbons (Fsp3) is 0.500. The summed E-state index contributed by atoms with van der Waals surface area (Å²) in [7, 11) is 0. The lowest BCUT2D eigenvalue weighted by Crippen LogP contribution is -2.29. The van der Waals surface area contributed by atoms with Crippen molar-refractivity contribution in [3.05, 3.63) is 36.6 Å². The van der Waals surface area contributed by atoms with E-state index in [0.717, 1.165) is 6.54 Å². The summed E-state index contributed by atoms with van der Waals surface area (Å²) in [6, 6.07) is 0.537. The maximum Gasteiger partial charge on any atom is 0.0442 e. The Balaban J connectivity index is 2.56. The van der Waals surface area contributed by atoms with Crippen LogP contribution in [0.15, 0.2) is 36.6 Å². The minimum atomic E-state index is 0.537. The number of hydrogen-bond donors (Lipinski definition) is 0. The second-order valence-electron chi connectivity index (χ2n) is 3.52. The van der Waals surface area contributed by atoms with Crippen molar-refractivity contribution in [2.45, 2.75) is 32.7 Å². The van der Waals surface area contributed by atoms with E-state index in [-0.39, 0.29) is 0 Å².